The van der Waals surface area contributed by atoms with Crippen LogP contribution < -0.4 is 9.47 Å². The maximum atomic E-state index is 9.85. The molecule has 3 aromatic heterocycles. The summed E-state index contributed by atoms with van der Waals surface area (Å²) in [5.41, 5.74) is 5.35. The van der Waals surface area contributed by atoms with Crippen molar-refractivity contribution in [2.24, 2.45) is 0 Å². The van der Waals surface area contributed by atoms with Crippen LogP contribution in [0, 0.1) is 6.92 Å². The molecule has 1 aromatic carbocycles. The number of fused-ring (bicyclic) bond motifs is 2. The van der Waals surface area contributed by atoms with Crippen molar-refractivity contribution in [3.63, 3.8) is 0 Å². The zero-order valence-corrected chi connectivity index (χ0v) is 19.1. The molecule has 1 aliphatic heterocycles. The van der Waals surface area contributed by atoms with Gasteiger partial charge in [-0.15, -0.1) is 11.8 Å². The summed E-state index contributed by atoms with van der Waals surface area (Å²) in [6.45, 7) is 1.80. The summed E-state index contributed by atoms with van der Waals surface area (Å²) in [7, 11) is 1.64. The number of aliphatic hydroxyl groups excluding tert-OH is 1. The highest BCUT2D eigenvalue weighted by Crippen LogP contribution is 2.43. The molecule has 8 heteroatoms. The van der Waals surface area contributed by atoms with Crippen molar-refractivity contribution >= 4 is 11.8 Å². The number of hydrogen-bond acceptors (Lipinski definition) is 8. The molecular formula is C25H22N4O3S. The molecule has 5 rings (SSSR count). The Kier molecular flexibility index (Phi) is 5.93. The summed E-state index contributed by atoms with van der Waals surface area (Å²) in [6.07, 6.45) is 5.85. The van der Waals surface area contributed by atoms with Crippen LogP contribution in [0.25, 0.3) is 11.4 Å². The molecule has 0 spiro atoms. The Morgan fingerprint density at radius 3 is 2.76 bits per heavy atom. The summed E-state index contributed by atoms with van der Waals surface area (Å²) in [5, 5.41) is 10.7. The van der Waals surface area contributed by atoms with Crippen LogP contribution in [0.5, 0.6) is 17.4 Å². The number of pyridine rings is 2. The van der Waals surface area contributed by atoms with Crippen LogP contribution in [0.2, 0.25) is 0 Å². The van der Waals surface area contributed by atoms with Crippen LogP contribution >= 0.6 is 11.8 Å². The summed E-state index contributed by atoms with van der Waals surface area (Å²) >= 11 is 1.63. The summed E-state index contributed by atoms with van der Waals surface area (Å²) in [4.78, 5) is 18.2. The number of rotatable bonds is 6. The first-order chi connectivity index (χ1) is 16.2. The number of thioether (sulfide) groups is 1. The van der Waals surface area contributed by atoms with E-state index in [1.54, 1.807) is 37.5 Å². The smallest absolute Gasteiger partial charge is 0.227 e. The monoisotopic (exact) mass is 458 g/mol. The number of methoxy groups -OCH3 is 1. The fraction of sp³-hybridized carbons (Fsp3) is 0.200. The number of aryl methyl sites for hydroxylation is 1. The molecule has 166 valence electrons. The normalized spacial score (nSPS) is 12.0. The molecule has 0 saturated carbocycles. The van der Waals surface area contributed by atoms with Gasteiger partial charge in [-0.2, -0.15) is 4.98 Å². The van der Waals surface area contributed by atoms with Gasteiger partial charge in [0, 0.05) is 47.5 Å². The SMILES string of the molecule is COc1cccc(-c2nc3c(c(SCc4ccncc4)n2)Cc2c(CO)cnc(C)c2O3)c1. The highest BCUT2D eigenvalue weighted by Gasteiger charge is 2.27. The molecule has 0 fully saturated rings. The third kappa shape index (κ3) is 4.27. The van der Waals surface area contributed by atoms with Crippen molar-refractivity contribution < 1.29 is 14.6 Å². The highest BCUT2D eigenvalue weighted by molar-refractivity contribution is 7.98. The third-order valence-electron chi connectivity index (χ3n) is 5.51. The van der Waals surface area contributed by atoms with E-state index in [0.29, 0.717) is 23.9 Å². The maximum absolute atomic E-state index is 9.85. The minimum absolute atomic E-state index is 0.101. The fourth-order valence-corrected chi connectivity index (χ4v) is 4.72. The number of aromatic nitrogens is 4. The fourth-order valence-electron chi connectivity index (χ4n) is 3.74. The third-order valence-corrected chi connectivity index (χ3v) is 6.60. The van der Waals surface area contributed by atoms with Gasteiger partial charge in [0.15, 0.2) is 11.6 Å². The lowest BCUT2D eigenvalue weighted by Gasteiger charge is -2.24. The molecule has 0 saturated heterocycles. The molecule has 7 nitrogen and oxygen atoms in total. The van der Waals surface area contributed by atoms with Crippen molar-refractivity contribution in [2.45, 2.75) is 30.7 Å². The number of hydrogen-bond donors (Lipinski definition) is 1. The largest absolute Gasteiger partial charge is 0.497 e. The van der Waals surface area contributed by atoms with Crippen molar-refractivity contribution in [3.05, 3.63) is 82.9 Å². The molecular weight excluding hydrogens is 436 g/mol. The summed E-state index contributed by atoms with van der Waals surface area (Å²) < 4.78 is 11.7. The average molecular weight is 459 g/mol. The maximum Gasteiger partial charge on any atom is 0.227 e. The van der Waals surface area contributed by atoms with Crippen LogP contribution in [-0.2, 0) is 18.8 Å². The molecule has 0 radical (unpaired) electrons. The highest BCUT2D eigenvalue weighted by atomic mass is 32.2. The van der Waals surface area contributed by atoms with Gasteiger partial charge in [-0.3, -0.25) is 9.97 Å². The average Bonchev–Trinajstić information content (AvgIpc) is 2.87. The number of nitrogens with zero attached hydrogens (tertiary/aromatic N) is 4. The standard InChI is InChI=1S/C25H22N4O3S/c1-15-22-20(18(13-30)12-27-15)11-21-24(32-22)28-23(17-4-3-5-19(10-17)31-2)29-25(21)33-14-16-6-8-26-9-7-16/h3-10,12,30H,11,13-14H2,1-2H3. The quantitative estimate of drug-likeness (QED) is 0.288. The molecule has 1 aliphatic rings. The van der Waals surface area contributed by atoms with Crippen LogP contribution in [0.15, 0.2) is 60.0 Å². The van der Waals surface area contributed by atoms with E-state index in [2.05, 4.69) is 9.97 Å². The predicted octanol–water partition coefficient (Wildman–Crippen LogP) is 4.73. The van der Waals surface area contributed by atoms with Crippen LogP contribution in [-0.4, -0.2) is 32.2 Å². The minimum atomic E-state index is -0.101. The number of ether oxygens (including phenoxy) is 2. The van der Waals surface area contributed by atoms with Crippen molar-refractivity contribution in [3.8, 4) is 28.8 Å². The van der Waals surface area contributed by atoms with Gasteiger partial charge in [0.1, 0.15) is 10.8 Å². The first-order valence-corrected chi connectivity index (χ1v) is 11.5. The van der Waals surface area contributed by atoms with Gasteiger partial charge >= 0.3 is 0 Å². The Morgan fingerprint density at radius 1 is 1.12 bits per heavy atom. The van der Waals surface area contributed by atoms with Gasteiger partial charge < -0.3 is 14.6 Å². The lowest BCUT2D eigenvalue weighted by molar-refractivity contribution is 0.278. The van der Waals surface area contributed by atoms with E-state index >= 15 is 0 Å². The van der Waals surface area contributed by atoms with Gasteiger partial charge in [-0.05, 0) is 36.8 Å². The van der Waals surface area contributed by atoms with Crippen LogP contribution in [0.4, 0.5) is 0 Å². The second kappa shape index (κ2) is 9.17. The lowest BCUT2D eigenvalue weighted by atomic mass is 9.99. The number of aliphatic hydroxyl groups is 1. The Balaban J connectivity index is 1.60. The van der Waals surface area contributed by atoms with Crippen LogP contribution in [0.1, 0.15) is 27.9 Å². The van der Waals surface area contributed by atoms with Gasteiger partial charge in [0.2, 0.25) is 5.88 Å². The molecule has 4 aromatic rings. The zero-order chi connectivity index (χ0) is 22.8. The summed E-state index contributed by atoms with van der Waals surface area (Å²) in [6, 6.07) is 11.7. The van der Waals surface area contributed by atoms with E-state index < -0.39 is 0 Å². The Labute approximate surface area is 195 Å². The van der Waals surface area contributed by atoms with E-state index in [9.17, 15) is 5.11 Å². The van der Waals surface area contributed by atoms with Crippen LogP contribution in [0.3, 0.4) is 0 Å². The molecule has 0 amide bonds. The minimum Gasteiger partial charge on any atom is -0.497 e. The molecule has 0 unspecified atom stereocenters. The van der Waals surface area contributed by atoms with E-state index in [4.69, 9.17) is 19.4 Å². The Bertz CT molecular complexity index is 1310. The van der Waals surface area contributed by atoms with Gasteiger partial charge in [-0.1, -0.05) is 12.1 Å². The first kappa shape index (κ1) is 21.4. The van der Waals surface area contributed by atoms with Gasteiger partial charge in [0.25, 0.3) is 0 Å². The Hall–Kier alpha value is -3.49. The van der Waals surface area contributed by atoms with Gasteiger partial charge in [0.05, 0.1) is 25.0 Å². The van der Waals surface area contributed by atoms with E-state index in [1.807, 2.05) is 43.3 Å². The van der Waals surface area contributed by atoms with E-state index in [1.165, 1.54) is 0 Å². The lowest BCUT2D eigenvalue weighted by Crippen LogP contribution is -2.13. The number of benzene rings is 1. The van der Waals surface area contributed by atoms with E-state index in [0.717, 1.165) is 50.0 Å². The molecule has 0 atom stereocenters. The molecule has 4 heterocycles. The summed E-state index contributed by atoms with van der Waals surface area (Å²) in [5.74, 6) is 3.22. The molecule has 0 bridgehead atoms. The second-order valence-corrected chi connectivity index (χ2v) is 8.59. The van der Waals surface area contributed by atoms with Crippen molar-refractivity contribution in [2.75, 3.05) is 7.11 Å². The van der Waals surface area contributed by atoms with E-state index in [-0.39, 0.29) is 6.61 Å². The van der Waals surface area contributed by atoms with Crippen molar-refractivity contribution in [1.82, 2.24) is 19.9 Å². The first-order valence-electron chi connectivity index (χ1n) is 10.5. The zero-order valence-electron chi connectivity index (χ0n) is 18.3. The predicted molar refractivity (Wildman–Crippen MR) is 126 cm³/mol. The topological polar surface area (TPSA) is 90.3 Å². The molecule has 33 heavy (non-hydrogen) atoms. The second-order valence-electron chi connectivity index (χ2n) is 7.63. The Morgan fingerprint density at radius 2 is 1.97 bits per heavy atom. The molecule has 0 aliphatic carbocycles. The van der Waals surface area contributed by atoms with Crippen molar-refractivity contribution in [1.29, 1.82) is 0 Å². The molecule has 1 N–H and O–H groups in total. The van der Waals surface area contributed by atoms with Gasteiger partial charge in [-0.25, -0.2) is 4.98 Å².